The minimum absolute atomic E-state index is 0.0381. The van der Waals surface area contributed by atoms with E-state index in [-0.39, 0.29) is 46.5 Å². The number of nitrogens with one attached hydrogen (secondary N) is 2. The number of benzene rings is 1. The van der Waals surface area contributed by atoms with Crippen LogP contribution in [0.3, 0.4) is 0 Å². The van der Waals surface area contributed by atoms with Gasteiger partial charge in [0.15, 0.2) is 5.78 Å². The van der Waals surface area contributed by atoms with Gasteiger partial charge in [0, 0.05) is 54.1 Å². The molecule has 5 rings (SSSR count). The van der Waals surface area contributed by atoms with Gasteiger partial charge in [-0.15, -0.1) is 0 Å². The molecule has 11 heteroatoms. The number of piperidine rings is 1. The summed E-state index contributed by atoms with van der Waals surface area (Å²) >= 11 is 0. The van der Waals surface area contributed by atoms with Gasteiger partial charge in [-0.2, -0.15) is 13.2 Å². The number of aryl methyl sites for hydroxylation is 1. The Hall–Kier alpha value is -3.63. The SMILES string of the molecule is Cc1cc(C(N)=O)c(NCCC(F)(F)F)cc1C(=O)NC1CC2CCCN(c3ccc(C(=O)C4CC4)cn3)C2C1. The second-order valence-electron chi connectivity index (χ2n) is 11.2. The number of rotatable bonds is 9. The summed E-state index contributed by atoms with van der Waals surface area (Å²) in [5.74, 6) is 0.394. The monoisotopic (exact) mass is 557 g/mol. The lowest BCUT2D eigenvalue weighted by atomic mass is 9.92. The number of anilines is 2. The van der Waals surface area contributed by atoms with Crippen LogP contribution in [0.15, 0.2) is 30.5 Å². The molecule has 3 aliphatic rings. The molecule has 40 heavy (non-hydrogen) atoms. The van der Waals surface area contributed by atoms with E-state index in [1.165, 1.54) is 12.1 Å². The third-order valence-electron chi connectivity index (χ3n) is 8.24. The van der Waals surface area contributed by atoms with Crippen molar-refractivity contribution in [3.8, 4) is 0 Å². The van der Waals surface area contributed by atoms with Crippen LogP contribution in [0.2, 0.25) is 0 Å². The van der Waals surface area contributed by atoms with E-state index in [2.05, 4.69) is 20.5 Å². The van der Waals surface area contributed by atoms with Gasteiger partial charge in [0.2, 0.25) is 0 Å². The highest BCUT2D eigenvalue weighted by Gasteiger charge is 2.41. The van der Waals surface area contributed by atoms with Crippen molar-refractivity contribution in [2.45, 2.75) is 70.1 Å². The Morgan fingerprint density at radius 3 is 2.52 bits per heavy atom. The Labute approximate surface area is 230 Å². The number of carbonyl (C=O) groups is 3. The molecule has 2 aliphatic carbocycles. The molecule has 1 saturated heterocycles. The molecular formula is C29H34F3N5O3. The fraction of sp³-hybridized carbons (Fsp3) is 0.517. The second kappa shape index (κ2) is 11.1. The smallest absolute Gasteiger partial charge is 0.384 e. The molecule has 2 aromatic rings. The lowest BCUT2D eigenvalue weighted by Gasteiger charge is -2.38. The van der Waals surface area contributed by atoms with Gasteiger partial charge in [0.05, 0.1) is 12.0 Å². The minimum Gasteiger partial charge on any atom is -0.384 e. The maximum Gasteiger partial charge on any atom is 0.390 e. The molecule has 1 aliphatic heterocycles. The number of fused-ring (bicyclic) bond motifs is 1. The molecule has 3 fully saturated rings. The van der Waals surface area contributed by atoms with E-state index in [9.17, 15) is 27.6 Å². The maximum atomic E-state index is 13.3. The summed E-state index contributed by atoms with van der Waals surface area (Å²) in [5.41, 5.74) is 7.03. The van der Waals surface area contributed by atoms with Crippen LogP contribution >= 0.6 is 0 Å². The zero-order chi connectivity index (χ0) is 28.6. The molecule has 3 atom stereocenters. The fourth-order valence-electron chi connectivity index (χ4n) is 6.07. The number of carbonyl (C=O) groups excluding carboxylic acids is 3. The van der Waals surface area contributed by atoms with Gasteiger partial charge in [-0.05, 0) is 81.2 Å². The molecule has 0 spiro atoms. The van der Waals surface area contributed by atoms with Crippen molar-refractivity contribution >= 4 is 29.1 Å². The van der Waals surface area contributed by atoms with E-state index in [0.717, 1.165) is 50.9 Å². The van der Waals surface area contributed by atoms with Crippen molar-refractivity contribution in [2.24, 2.45) is 17.6 Å². The molecule has 0 bridgehead atoms. The third-order valence-corrected chi connectivity index (χ3v) is 8.24. The van der Waals surface area contributed by atoms with Gasteiger partial charge in [-0.25, -0.2) is 4.98 Å². The van der Waals surface area contributed by atoms with E-state index >= 15 is 0 Å². The van der Waals surface area contributed by atoms with E-state index in [1.807, 2.05) is 12.1 Å². The lowest BCUT2D eigenvalue weighted by molar-refractivity contribution is -0.131. The highest BCUT2D eigenvalue weighted by atomic mass is 19.4. The van der Waals surface area contributed by atoms with Crippen molar-refractivity contribution in [1.29, 1.82) is 0 Å². The van der Waals surface area contributed by atoms with Crippen LogP contribution in [-0.2, 0) is 0 Å². The van der Waals surface area contributed by atoms with Crippen LogP contribution in [0, 0.1) is 18.8 Å². The van der Waals surface area contributed by atoms with Crippen LogP contribution < -0.4 is 21.3 Å². The standard InChI is InChI=1S/C29H34F3N5O3/c1-16-11-22(27(33)39)23(34-9-8-29(30,31)32)14-21(16)28(40)36-20-12-18-3-2-10-37(24(18)13-20)25-7-6-19(15-35-25)26(38)17-4-5-17/h6-7,11,14-15,17-18,20,24,34H,2-5,8-10,12-13H2,1H3,(H2,33,39)(H,36,40). The highest BCUT2D eigenvalue weighted by molar-refractivity contribution is 6.03. The van der Waals surface area contributed by atoms with Gasteiger partial charge in [0.1, 0.15) is 5.82 Å². The van der Waals surface area contributed by atoms with Crippen LogP contribution in [0.25, 0.3) is 0 Å². The number of Topliss-reactive ketones (excluding diaryl/α,β-unsaturated/α-hetero) is 1. The normalized spacial score (nSPS) is 22.5. The lowest BCUT2D eigenvalue weighted by Crippen LogP contribution is -2.43. The second-order valence-corrected chi connectivity index (χ2v) is 11.2. The topological polar surface area (TPSA) is 117 Å². The van der Waals surface area contributed by atoms with Crippen molar-refractivity contribution in [3.05, 3.63) is 52.7 Å². The molecule has 214 valence electrons. The van der Waals surface area contributed by atoms with Crippen molar-refractivity contribution in [1.82, 2.24) is 10.3 Å². The number of alkyl halides is 3. The first-order valence-electron chi connectivity index (χ1n) is 13.8. The van der Waals surface area contributed by atoms with Crippen LogP contribution in [-0.4, -0.2) is 53.9 Å². The van der Waals surface area contributed by atoms with Crippen LogP contribution in [0.5, 0.6) is 0 Å². The molecule has 8 nitrogen and oxygen atoms in total. The number of amides is 2. The molecule has 1 aromatic heterocycles. The van der Waals surface area contributed by atoms with Crippen molar-refractivity contribution < 1.29 is 27.6 Å². The summed E-state index contributed by atoms with van der Waals surface area (Å²) in [5, 5.41) is 5.73. The van der Waals surface area contributed by atoms with Gasteiger partial charge < -0.3 is 21.3 Å². The zero-order valence-electron chi connectivity index (χ0n) is 22.4. The molecule has 2 amide bonds. The molecule has 1 aromatic carbocycles. The number of halogens is 3. The first kappa shape index (κ1) is 27.9. The summed E-state index contributed by atoms with van der Waals surface area (Å²) in [6.45, 7) is 2.07. The summed E-state index contributed by atoms with van der Waals surface area (Å²) in [6.07, 6.45) is 1.73. The molecule has 3 unspecified atom stereocenters. The number of pyridine rings is 1. The Bertz CT molecular complexity index is 1290. The summed E-state index contributed by atoms with van der Waals surface area (Å²) in [4.78, 5) is 44.5. The van der Waals surface area contributed by atoms with Gasteiger partial charge in [-0.1, -0.05) is 0 Å². The number of aromatic nitrogens is 1. The van der Waals surface area contributed by atoms with Gasteiger partial charge in [-0.3, -0.25) is 14.4 Å². The number of hydrogen-bond donors (Lipinski definition) is 3. The van der Waals surface area contributed by atoms with Crippen molar-refractivity contribution in [2.75, 3.05) is 23.3 Å². The maximum absolute atomic E-state index is 13.3. The number of nitrogens with two attached hydrogens (primary N) is 1. The Morgan fingerprint density at radius 1 is 1.10 bits per heavy atom. The summed E-state index contributed by atoms with van der Waals surface area (Å²) < 4.78 is 37.9. The fourth-order valence-corrected chi connectivity index (χ4v) is 6.07. The molecule has 2 heterocycles. The quantitative estimate of drug-likeness (QED) is 0.387. The Kier molecular flexibility index (Phi) is 7.74. The number of nitrogens with zero attached hydrogens (tertiary/aromatic N) is 2. The van der Waals surface area contributed by atoms with Crippen molar-refractivity contribution in [3.63, 3.8) is 0 Å². The largest absolute Gasteiger partial charge is 0.390 e. The number of ketones is 1. The van der Waals surface area contributed by atoms with Crippen LogP contribution in [0.4, 0.5) is 24.7 Å². The Balaban J connectivity index is 1.26. The van der Waals surface area contributed by atoms with E-state index < -0.39 is 25.0 Å². The predicted octanol–water partition coefficient (Wildman–Crippen LogP) is 4.62. The number of hydrogen-bond acceptors (Lipinski definition) is 6. The van der Waals surface area contributed by atoms with E-state index in [0.29, 0.717) is 17.0 Å². The minimum atomic E-state index is -4.36. The first-order valence-corrected chi connectivity index (χ1v) is 13.8. The number of primary amides is 1. The average molecular weight is 558 g/mol. The third kappa shape index (κ3) is 6.23. The Morgan fingerprint density at radius 2 is 1.88 bits per heavy atom. The van der Waals surface area contributed by atoms with Gasteiger partial charge in [0.25, 0.3) is 11.8 Å². The summed E-state index contributed by atoms with van der Waals surface area (Å²) in [6, 6.07) is 6.74. The first-order chi connectivity index (χ1) is 19.0. The molecular weight excluding hydrogens is 523 g/mol. The van der Waals surface area contributed by atoms with Crippen LogP contribution in [0.1, 0.15) is 81.6 Å². The predicted molar refractivity (Wildman–Crippen MR) is 144 cm³/mol. The van der Waals surface area contributed by atoms with Gasteiger partial charge >= 0.3 is 6.18 Å². The van der Waals surface area contributed by atoms with E-state index in [1.54, 1.807) is 13.1 Å². The molecule has 0 radical (unpaired) electrons. The summed E-state index contributed by atoms with van der Waals surface area (Å²) in [7, 11) is 0. The van der Waals surface area contributed by atoms with E-state index in [4.69, 9.17) is 5.73 Å². The molecule has 2 saturated carbocycles. The molecule has 4 N–H and O–H groups in total. The average Bonchev–Trinajstić information content (AvgIpc) is 3.67. The highest BCUT2D eigenvalue weighted by Crippen LogP contribution is 2.39. The zero-order valence-corrected chi connectivity index (χ0v) is 22.4.